The van der Waals surface area contributed by atoms with Gasteiger partial charge in [0.2, 0.25) is 0 Å². The molecule has 0 aliphatic carbocycles. The molecule has 3 fully saturated rings. The first-order valence-corrected chi connectivity index (χ1v) is 8.05. The van der Waals surface area contributed by atoms with Crippen LogP contribution in [-0.2, 0) is 0 Å². The van der Waals surface area contributed by atoms with Crippen LogP contribution < -0.4 is 4.74 Å². The Morgan fingerprint density at radius 2 is 2.15 bits per heavy atom. The average molecular weight is 338 g/mol. The van der Waals surface area contributed by atoms with Crippen LogP contribution in [0.4, 0.5) is 0 Å². The Labute approximate surface area is 128 Å². The molecule has 1 aromatic carbocycles. The molecule has 0 spiro atoms. The highest BCUT2D eigenvalue weighted by molar-refractivity contribution is 9.10. The van der Waals surface area contributed by atoms with Gasteiger partial charge in [0.25, 0.3) is 0 Å². The zero-order valence-corrected chi connectivity index (χ0v) is 13.3. The van der Waals surface area contributed by atoms with Gasteiger partial charge < -0.3 is 14.7 Å². The molecule has 2 bridgehead atoms. The fourth-order valence-electron chi connectivity index (χ4n) is 3.13. The van der Waals surface area contributed by atoms with Crippen molar-refractivity contribution in [3.63, 3.8) is 0 Å². The molecular weight excluding hydrogens is 318 g/mol. The van der Waals surface area contributed by atoms with Gasteiger partial charge in [0.15, 0.2) is 0 Å². The number of benzene rings is 1. The third kappa shape index (κ3) is 2.59. The van der Waals surface area contributed by atoms with E-state index in [1.54, 1.807) is 0 Å². The van der Waals surface area contributed by atoms with Crippen LogP contribution in [0.1, 0.15) is 25.3 Å². The lowest BCUT2D eigenvalue weighted by Gasteiger charge is -2.46. The first kappa shape index (κ1) is 14.0. The van der Waals surface area contributed by atoms with Gasteiger partial charge >= 0.3 is 0 Å². The van der Waals surface area contributed by atoms with Crippen molar-refractivity contribution in [2.75, 3.05) is 19.7 Å². The van der Waals surface area contributed by atoms with Crippen LogP contribution in [0.2, 0.25) is 0 Å². The molecule has 0 amide bonds. The first-order chi connectivity index (χ1) is 9.69. The van der Waals surface area contributed by atoms with E-state index in [1.165, 1.54) is 0 Å². The molecule has 20 heavy (non-hydrogen) atoms. The molecule has 3 aliphatic rings. The number of nitrogens with zero attached hydrogens (tertiary/aromatic N) is 1. The highest BCUT2D eigenvalue weighted by Gasteiger charge is 2.36. The van der Waals surface area contributed by atoms with Gasteiger partial charge in [0.05, 0.1) is 12.7 Å². The Kier molecular flexibility index (Phi) is 4.03. The number of ether oxygens (including phenoxy) is 1. The highest BCUT2D eigenvalue weighted by atomic mass is 79.9. The summed E-state index contributed by atoms with van der Waals surface area (Å²) in [5.41, 5.74) is 2.12. The predicted molar refractivity (Wildman–Crippen MR) is 83.6 cm³/mol. The number of rotatable bonds is 3. The van der Waals surface area contributed by atoms with Crippen molar-refractivity contribution < 1.29 is 9.84 Å². The van der Waals surface area contributed by atoms with Crippen molar-refractivity contribution in [1.29, 1.82) is 0 Å². The van der Waals surface area contributed by atoms with E-state index < -0.39 is 0 Å². The number of fused-ring (bicyclic) bond motifs is 3. The van der Waals surface area contributed by atoms with Gasteiger partial charge in [0, 0.05) is 23.3 Å². The molecule has 0 saturated carbocycles. The third-order valence-electron chi connectivity index (χ3n) is 4.24. The van der Waals surface area contributed by atoms with E-state index in [4.69, 9.17) is 4.74 Å². The number of hydrogen-bond acceptors (Lipinski definition) is 3. The van der Waals surface area contributed by atoms with Crippen LogP contribution in [-0.4, -0.2) is 35.8 Å². The second-order valence-electron chi connectivity index (χ2n) is 5.45. The van der Waals surface area contributed by atoms with Gasteiger partial charge in [-0.1, -0.05) is 15.9 Å². The molecule has 0 unspecified atom stereocenters. The molecule has 4 rings (SSSR count). The lowest BCUT2D eigenvalue weighted by molar-refractivity contribution is 0.0215. The van der Waals surface area contributed by atoms with Crippen LogP contribution in [0.25, 0.3) is 6.08 Å². The van der Waals surface area contributed by atoms with Crippen LogP contribution in [0.3, 0.4) is 0 Å². The zero-order valence-electron chi connectivity index (χ0n) is 11.7. The fraction of sp³-hybridized carbons (Fsp3) is 0.500. The number of aliphatic hydroxyl groups excluding tert-OH is 1. The molecule has 1 atom stereocenters. The molecule has 3 saturated heterocycles. The summed E-state index contributed by atoms with van der Waals surface area (Å²) < 4.78 is 6.58. The summed E-state index contributed by atoms with van der Waals surface area (Å²) in [6.45, 7) is 4.77. The van der Waals surface area contributed by atoms with Crippen molar-refractivity contribution in [2.45, 2.75) is 25.9 Å². The molecule has 1 N–H and O–H groups in total. The smallest absolute Gasteiger partial charge is 0.119 e. The number of halogens is 1. The minimum absolute atomic E-state index is 0.319. The SMILES string of the molecule is CCOc1ccc(Br)c(/C=C2/[C@@H](O)C3CCN2CC3)c1. The molecule has 4 heteroatoms. The maximum atomic E-state index is 10.4. The average Bonchev–Trinajstić information content (AvgIpc) is 2.47. The summed E-state index contributed by atoms with van der Waals surface area (Å²) in [4.78, 5) is 2.31. The second-order valence-corrected chi connectivity index (χ2v) is 6.31. The van der Waals surface area contributed by atoms with E-state index >= 15 is 0 Å². The molecule has 0 radical (unpaired) electrons. The monoisotopic (exact) mass is 337 g/mol. The molecule has 3 nitrogen and oxygen atoms in total. The molecular formula is C16H20BrNO2. The Hall–Kier alpha value is -1.00. The maximum absolute atomic E-state index is 10.4. The van der Waals surface area contributed by atoms with Crippen molar-refractivity contribution in [3.05, 3.63) is 33.9 Å². The summed E-state index contributed by atoms with van der Waals surface area (Å²) in [5, 5.41) is 10.4. The van der Waals surface area contributed by atoms with Crippen LogP contribution in [0.5, 0.6) is 5.75 Å². The van der Waals surface area contributed by atoms with Crippen LogP contribution in [0.15, 0.2) is 28.4 Å². The van der Waals surface area contributed by atoms with Crippen molar-refractivity contribution in [3.8, 4) is 5.75 Å². The lowest BCUT2D eigenvalue weighted by atomic mass is 9.83. The Balaban J connectivity index is 1.93. The van der Waals surface area contributed by atoms with Gasteiger partial charge in [-0.15, -0.1) is 0 Å². The number of hydrogen-bond donors (Lipinski definition) is 1. The molecule has 3 aliphatic heterocycles. The molecule has 0 aromatic heterocycles. The Morgan fingerprint density at radius 1 is 1.40 bits per heavy atom. The number of aliphatic hydroxyl groups is 1. The van der Waals surface area contributed by atoms with E-state index in [9.17, 15) is 5.11 Å². The molecule has 1 aromatic rings. The van der Waals surface area contributed by atoms with Crippen LogP contribution in [0, 0.1) is 5.92 Å². The van der Waals surface area contributed by atoms with Gasteiger partial charge in [-0.05, 0) is 55.5 Å². The van der Waals surface area contributed by atoms with Crippen molar-refractivity contribution in [1.82, 2.24) is 4.90 Å². The maximum Gasteiger partial charge on any atom is 0.119 e. The van der Waals surface area contributed by atoms with E-state index in [2.05, 4.69) is 26.9 Å². The summed E-state index contributed by atoms with van der Waals surface area (Å²) in [7, 11) is 0. The van der Waals surface area contributed by atoms with E-state index in [-0.39, 0.29) is 6.10 Å². The summed E-state index contributed by atoms with van der Waals surface area (Å²) in [6, 6.07) is 5.98. The molecule has 108 valence electrons. The zero-order chi connectivity index (χ0) is 14.1. The fourth-order valence-corrected chi connectivity index (χ4v) is 3.49. The van der Waals surface area contributed by atoms with Gasteiger partial charge in [-0.2, -0.15) is 0 Å². The minimum Gasteiger partial charge on any atom is -0.494 e. The predicted octanol–water partition coefficient (Wildman–Crippen LogP) is 3.28. The standard InChI is InChI=1S/C16H20BrNO2/c1-2-20-13-3-4-14(17)12(9-13)10-15-16(19)11-5-7-18(15)8-6-11/h3-4,9-11,16,19H,2,5-8H2,1H3/b15-10-/t16-/m0/s1. The lowest BCUT2D eigenvalue weighted by Crippen LogP contribution is -2.48. The van der Waals surface area contributed by atoms with E-state index in [0.29, 0.717) is 12.5 Å². The van der Waals surface area contributed by atoms with Crippen LogP contribution >= 0.6 is 15.9 Å². The van der Waals surface area contributed by atoms with E-state index in [0.717, 1.165) is 47.4 Å². The second kappa shape index (κ2) is 5.78. The topological polar surface area (TPSA) is 32.7 Å². The van der Waals surface area contributed by atoms with Crippen molar-refractivity contribution >= 4 is 22.0 Å². The van der Waals surface area contributed by atoms with E-state index in [1.807, 2.05) is 25.1 Å². The number of piperidine rings is 3. The highest BCUT2D eigenvalue weighted by Crippen LogP contribution is 2.36. The minimum atomic E-state index is -0.319. The summed E-state index contributed by atoms with van der Waals surface area (Å²) in [6.07, 6.45) is 4.00. The first-order valence-electron chi connectivity index (χ1n) is 7.26. The Bertz CT molecular complexity index is 517. The van der Waals surface area contributed by atoms with Gasteiger partial charge in [-0.25, -0.2) is 0 Å². The quantitative estimate of drug-likeness (QED) is 0.918. The summed E-state index contributed by atoms with van der Waals surface area (Å²) in [5.74, 6) is 1.30. The normalized spacial score (nSPS) is 27.1. The summed E-state index contributed by atoms with van der Waals surface area (Å²) >= 11 is 3.58. The van der Waals surface area contributed by atoms with Crippen molar-refractivity contribution in [2.24, 2.45) is 5.92 Å². The molecule has 3 heterocycles. The third-order valence-corrected chi connectivity index (χ3v) is 4.96. The Morgan fingerprint density at radius 3 is 2.80 bits per heavy atom. The van der Waals surface area contributed by atoms with Gasteiger partial charge in [0.1, 0.15) is 5.75 Å². The van der Waals surface area contributed by atoms with Gasteiger partial charge in [-0.3, -0.25) is 0 Å². The largest absolute Gasteiger partial charge is 0.494 e.